The molecule has 23 heavy (non-hydrogen) atoms. The zero-order chi connectivity index (χ0) is 16.2. The molecule has 2 amide bonds. The van der Waals surface area contributed by atoms with Crippen molar-refractivity contribution in [1.29, 1.82) is 0 Å². The fourth-order valence-electron chi connectivity index (χ4n) is 3.84. The number of carbonyl (C=O) groups is 2. The highest BCUT2D eigenvalue weighted by molar-refractivity contribution is 5.79. The van der Waals surface area contributed by atoms with Crippen LogP contribution < -0.4 is 0 Å². The average molecular weight is 317 g/mol. The molecule has 1 saturated heterocycles. The van der Waals surface area contributed by atoms with Gasteiger partial charge < -0.3 is 14.4 Å². The number of carbonyl (C=O) groups excluding carboxylic acids is 2. The molecule has 0 saturated carbocycles. The molecule has 0 aliphatic carbocycles. The highest BCUT2D eigenvalue weighted by Gasteiger charge is 2.29. The van der Waals surface area contributed by atoms with E-state index in [2.05, 4.69) is 29.8 Å². The van der Waals surface area contributed by atoms with Gasteiger partial charge in [-0.1, -0.05) is 13.3 Å². The molecule has 1 fully saturated rings. The van der Waals surface area contributed by atoms with Crippen LogP contribution in [0, 0.1) is 0 Å². The molecule has 0 spiro atoms. The maximum Gasteiger partial charge on any atom is 0.224 e. The van der Waals surface area contributed by atoms with Crippen molar-refractivity contribution in [3.8, 4) is 0 Å². The van der Waals surface area contributed by atoms with Crippen LogP contribution in [0.15, 0.2) is 18.3 Å². The van der Waals surface area contributed by atoms with Gasteiger partial charge in [-0.3, -0.25) is 9.59 Å². The minimum Gasteiger partial charge on any atom is -0.348 e. The van der Waals surface area contributed by atoms with Gasteiger partial charge in [0.05, 0.1) is 6.04 Å². The first-order valence-corrected chi connectivity index (χ1v) is 8.93. The Morgan fingerprint density at radius 2 is 2.09 bits per heavy atom. The van der Waals surface area contributed by atoms with Gasteiger partial charge in [0.25, 0.3) is 0 Å². The van der Waals surface area contributed by atoms with E-state index in [0.717, 1.165) is 45.3 Å². The van der Waals surface area contributed by atoms with Crippen LogP contribution in [0.25, 0.3) is 0 Å². The summed E-state index contributed by atoms with van der Waals surface area (Å²) < 4.78 is 2.25. The van der Waals surface area contributed by atoms with Gasteiger partial charge in [-0.2, -0.15) is 0 Å². The van der Waals surface area contributed by atoms with E-state index in [1.54, 1.807) is 0 Å². The number of fused-ring (bicyclic) bond motifs is 1. The van der Waals surface area contributed by atoms with Crippen LogP contribution >= 0.6 is 0 Å². The molecule has 1 atom stereocenters. The summed E-state index contributed by atoms with van der Waals surface area (Å²) in [6.07, 6.45) is 7.29. The van der Waals surface area contributed by atoms with E-state index >= 15 is 0 Å². The predicted molar refractivity (Wildman–Crippen MR) is 88.8 cm³/mol. The predicted octanol–water partition coefficient (Wildman–Crippen LogP) is 2.57. The van der Waals surface area contributed by atoms with Crippen molar-refractivity contribution in [1.82, 2.24) is 14.4 Å². The SMILES string of the molecule is CC[C@@H]1c2cccn2CCN1C(=O)CCN1CCCCCC1=O. The first-order valence-electron chi connectivity index (χ1n) is 8.93. The van der Waals surface area contributed by atoms with Gasteiger partial charge in [-0.25, -0.2) is 0 Å². The summed E-state index contributed by atoms with van der Waals surface area (Å²) in [6, 6.07) is 4.35. The normalized spacial score (nSPS) is 22.0. The lowest BCUT2D eigenvalue weighted by molar-refractivity contribution is -0.136. The minimum absolute atomic E-state index is 0.172. The topological polar surface area (TPSA) is 45.6 Å². The van der Waals surface area contributed by atoms with Gasteiger partial charge in [-0.05, 0) is 31.4 Å². The third-order valence-electron chi connectivity index (χ3n) is 5.14. The first-order chi connectivity index (χ1) is 11.2. The Hall–Kier alpha value is -1.78. The molecule has 0 unspecified atom stereocenters. The van der Waals surface area contributed by atoms with Crippen molar-refractivity contribution in [3.05, 3.63) is 24.0 Å². The van der Waals surface area contributed by atoms with E-state index in [1.165, 1.54) is 5.69 Å². The Morgan fingerprint density at radius 1 is 1.22 bits per heavy atom. The molecule has 126 valence electrons. The average Bonchev–Trinajstić information content (AvgIpc) is 2.95. The highest BCUT2D eigenvalue weighted by atomic mass is 16.2. The monoisotopic (exact) mass is 317 g/mol. The highest BCUT2D eigenvalue weighted by Crippen LogP contribution is 2.29. The van der Waals surface area contributed by atoms with Crippen molar-refractivity contribution < 1.29 is 9.59 Å². The lowest BCUT2D eigenvalue weighted by atomic mass is 10.1. The molecule has 0 N–H and O–H groups in total. The molecule has 3 heterocycles. The molecule has 0 bridgehead atoms. The zero-order valence-electron chi connectivity index (χ0n) is 14.0. The summed E-state index contributed by atoms with van der Waals surface area (Å²) in [7, 11) is 0. The standard InChI is InChI=1S/C18H27N3O2/c1-2-15-16-7-6-11-19(16)13-14-21(15)18(23)9-12-20-10-5-3-4-8-17(20)22/h6-7,11,15H,2-5,8-10,12-14H2,1H3/t15-/m1/s1. The molecule has 1 aromatic heterocycles. The number of nitrogens with zero attached hydrogens (tertiary/aromatic N) is 3. The van der Waals surface area contributed by atoms with Crippen LogP contribution in [-0.4, -0.2) is 45.8 Å². The maximum atomic E-state index is 12.7. The van der Waals surface area contributed by atoms with Crippen LogP contribution in [0.1, 0.15) is 57.2 Å². The lowest BCUT2D eigenvalue weighted by Crippen LogP contribution is -2.43. The van der Waals surface area contributed by atoms with E-state index in [-0.39, 0.29) is 17.9 Å². The van der Waals surface area contributed by atoms with Crippen molar-refractivity contribution in [2.45, 2.75) is 58.0 Å². The number of hydrogen-bond acceptors (Lipinski definition) is 2. The van der Waals surface area contributed by atoms with Gasteiger partial charge in [0, 0.05) is 50.9 Å². The third-order valence-corrected chi connectivity index (χ3v) is 5.14. The largest absolute Gasteiger partial charge is 0.348 e. The molecule has 3 rings (SSSR count). The van der Waals surface area contributed by atoms with Crippen molar-refractivity contribution >= 4 is 11.8 Å². The van der Waals surface area contributed by atoms with E-state index in [9.17, 15) is 9.59 Å². The van der Waals surface area contributed by atoms with Crippen LogP contribution in [0.5, 0.6) is 0 Å². The van der Waals surface area contributed by atoms with E-state index in [4.69, 9.17) is 0 Å². The lowest BCUT2D eigenvalue weighted by Gasteiger charge is -2.37. The Bertz CT molecular complexity index is 566. The minimum atomic E-state index is 0.172. The van der Waals surface area contributed by atoms with Gasteiger partial charge in [-0.15, -0.1) is 0 Å². The van der Waals surface area contributed by atoms with Crippen molar-refractivity contribution in [2.24, 2.45) is 0 Å². The molecule has 5 nitrogen and oxygen atoms in total. The molecular formula is C18H27N3O2. The smallest absolute Gasteiger partial charge is 0.224 e. The van der Waals surface area contributed by atoms with Crippen LogP contribution in [0.4, 0.5) is 0 Å². The number of aromatic nitrogens is 1. The molecule has 5 heteroatoms. The Morgan fingerprint density at radius 3 is 2.91 bits per heavy atom. The number of rotatable bonds is 4. The number of likely N-dealkylation sites (tertiary alicyclic amines) is 1. The van der Waals surface area contributed by atoms with E-state index in [0.29, 0.717) is 19.4 Å². The first kappa shape index (κ1) is 16.1. The fraction of sp³-hybridized carbons (Fsp3) is 0.667. The third kappa shape index (κ3) is 3.43. The second-order valence-corrected chi connectivity index (χ2v) is 6.58. The summed E-state index contributed by atoms with van der Waals surface area (Å²) in [4.78, 5) is 28.7. The number of hydrogen-bond donors (Lipinski definition) is 0. The van der Waals surface area contributed by atoms with Gasteiger partial charge in [0.1, 0.15) is 0 Å². The molecule has 0 aromatic carbocycles. The van der Waals surface area contributed by atoms with Gasteiger partial charge in [0.2, 0.25) is 11.8 Å². The number of amides is 2. The Balaban J connectivity index is 1.60. The molecular weight excluding hydrogens is 290 g/mol. The zero-order valence-corrected chi connectivity index (χ0v) is 14.0. The summed E-state index contributed by atoms with van der Waals surface area (Å²) in [5.41, 5.74) is 1.23. The van der Waals surface area contributed by atoms with Crippen molar-refractivity contribution in [2.75, 3.05) is 19.6 Å². The Kier molecular flexibility index (Phi) is 5.03. The molecule has 2 aliphatic heterocycles. The second kappa shape index (κ2) is 7.20. The van der Waals surface area contributed by atoms with Gasteiger partial charge >= 0.3 is 0 Å². The molecule has 1 aromatic rings. The summed E-state index contributed by atoms with van der Waals surface area (Å²) in [5.74, 6) is 0.399. The van der Waals surface area contributed by atoms with Crippen molar-refractivity contribution in [3.63, 3.8) is 0 Å². The molecule has 0 radical (unpaired) electrons. The summed E-state index contributed by atoms with van der Waals surface area (Å²) in [6.45, 7) is 5.16. The van der Waals surface area contributed by atoms with Crippen LogP contribution in [-0.2, 0) is 16.1 Å². The van der Waals surface area contributed by atoms with E-state index < -0.39 is 0 Å². The summed E-state index contributed by atoms with van der Waals surface area (Å²) >= 11 is 0. The maximum absolute atomic E-state index is 12.7. The second-order valence-electron chi connectivity index (χ2n) is 6.58. The van der Waals surface area contributed by atoms with Gasteiger partial charge in [0.15, 0.2) is 0 Å². The van der Waals surface area contributed by atoms with Crippen LogP contribution in [0.3, 0.4) is 0 Å². The Labute approximate surface area is 138 Å². The quantitative estimate of drug-likeness (QED) is 0.857. The fourth-order valence-corrected chi connectivity index (χ4v) is 3.84. The van der Waals surface area contributed by atoms with E-state index in [1.807, 2.05) is 9.80 Å². The van der Waals surface area contributed by atoms with Crippen LogP contribution in [0.2, 0.25) is 0 Å². The summed E-state index contributed by atoms with van der Waals surface area (Å²) in [5, 5.41) is 0. The molecule has 2 aliphatic rings.